The number of hydrogen-bond donors (Lipinski definition) is 1. The number of anilines is 1. The van der Waals surface area contributed by atoms with E-state index in [0.717, 1.165) is 41.8 Å². The Morgan fingerprint density at radius 1 is 0.842 bits per heavy atom. The average molecular weight is 530 g/mol. The first-order valence-corrected chi connectivity index (χ1v) is 14.2. The molecule has 0 aromatic heterocycles. The number of nitrogens with one attached hydrogen (secondary N) is 1. The summed E-state index contributed by atoms with van der Waals surface area (Å²) in [5.41, 5.74) is 8.92. The third-order valence-corrected chi connectivity index (χ3v) is 8.46. The molecule has 1 aliphatic carbocycles. The van der Waals surface area contributed by atoms with E-state index in [2.05, 4.69) is 92.0 Å². The predicted octanol–water partition coefficient (Wildman–Crippen LogP) is 8.35. The second kappa shape index (κ2) is 12.8. The fourth-order valence-corrected chi connectivity index (χ4v) is 6.07. The number of allylic oxidation sites excluding steroid dienone is 1. The predicted molar refractivity (Wildman–Crippen MR) is 163 cm³/mol. The number of nitrogens with zero attached hydrogens (tertiary/aromatic N) is 1. The maximum Gasteiger partial charge on any atom is 0.255 e. The number of benzene rings is 3. The molecule has 1 aliphatic heterocycles. The van der Waals surface area contributed by atoms with Crippen LogP contribution in [0.1, 0.15) is 67.7 Å². The first-order chi connectivity index (χ1) is 18.0. The minimum Gasteiger partial charge on any atom is -0.322 e. The van der Waals surface area contributed by atoms with Crippen LogP contribution >= 0.6 is 12.4 Å². The van der Waals surface area contributed by atoms with Gasteiger partial charge in [0.15, 0.2) is 0 Å². The van der Waals surface area contributed by atoms with E-state index in [1.165, 1.54) is 78.5 Å². The number of hydrogen-bond acceptors (Lipinski definition) is 1. The van der Waals surface area contributed by atoms with Crippen LogP contribution in [0.5, 0.6) is 0 Å². The van der Waals surface area contributed by atoms with E-state index < -0.39 is 0 Å². The highest BCUT2D eigenvalue weighted by Crippen LogP contribution is 2.32. The lowest BCUT2D eigenvalue weighted by Crippen LogP contribution is -2.49. The highest BCUT2D eigenvalue weighted by molar-refractivity contribution is 6.26. The van der Waals surface area contributed by atoms with Gasteiger partial charge in [0.2, 0.25) is 0 Å². The number of aryl methyl sites for hydroxylation is 2. The Bertz CT molecular complexity index is 1250. The lowest BCUT2D eigenvalue weighted by atomic mass is 9.87. The lowest BCUT2D eigenvalue weighted by molar-refractivity contribution is -0.940. The number of amides is 1. The first kappa shape index (κ1) is 28.1. The molecule has 1 N–H and O–H groups in total. The quantitative estimate of drug-likeness (QED) is 0.319. The van der Waals surface area contributed by atoms with Gasteiger partial charge >= 0.3 is 0 Å². The molecule has 3 aromatic carbocycles. The standard InChI is InChI=1S/C34H40N2O.ClH/c1-3-36(22-7-5-4-6-8-23-36)25-27-14-20-31(21-15-27)35-34(37)32-11-9-10-29-18-19-30(24-33(29)32)28-16-12-26(2)13-17-28;/h11-21,24H,3-10,22-23,25H2,1-2H3;1H/p+1. The monoisotopic (exact) mass is 529 g/mol. The SMILES string of the molecule is CC[N+]1(Cc2ccc(NC(=O)C3=CCCc4ccc(-c5ccc(C)cc5)cc43)cc2)CCCCCCC1.Cl. The molecule has 1 saturated heterocycles. The van der Waals surface area contributed by atoms with Crippen molar-refractivity contribution in [3.63, 3.8) is 0 Å². The highest BCUT2D eigenvalue weighted by atomic mass is 35.5. The summed E-state index contributed by atoms with van der Waals surface area (Å²) in [5.74, 6) is -0.0180. The zero-order valence-electron chi connectivity index (χ0n) is 23.0. The van der Waals surface area contributed by atoms with Crippen molar-refractivity contribution in [1.82, 2.24) is 0 Å². The van der Waals surface area contributed by atoms with Crippen LogP contribution in [0, 0.1) is 6.92 Å². The molecule has 0 bridgehead atoms. The fourth-order valence-electron chi connectivity index (χ4n) is 6.07. The van der Waals surface area contributed by atoms with Crippen molar-refractivity contribution < 1.29 is 9.28 Å². The second-order valence-electron chi connectivity index (χ2n) is 11.1. The number of fused-ring (bicyclic) bond motifs is 1. The van der Waals surface area contributed by atoms with Crippen LogP contribution in [0.15, 0.2) is 72.8 Å². The molecule has 4 heteroatoms. The minimum absolute atomic E-state index is 0. The number of carbonyl (C=O) groups is 1. The van der Waals surface area contributed by atoms with Crippen molar-refractivity contribution in [1.29, 1.82) is 0 Å². The van der Waals surface area contributed by atoms with Gasteiger partial charge in [-0.15, -0.1) is 12.4 Å². The molecular formula is C34H42ClN2O+. The van der Waals surface area contributed by atoms with E-state index in [0.29, 0.717) is 0 Å². The molecule has 3 nitrogen and oxygen atoms in total. The van der Waals surface area contributed by atoms with E-state index in [1.54, 1.807) is 0 Å². The molecule has 1 amide bonds. The van der Waals surface area contributed by atoms with E-state index in [4.69, 9.17) is 0 Å². The van der Waals surface area contributed by atoms with Crippen LogP contribution in [0.25, 0.3) is 16.7 Å². The Morgan fingerprint density at radius 3 is 2.18 bits per heavy atom. The smallest absolute Gasteiger partial charge is 0.255 e. The fraction of sp³-hybridized carbons (Fsp3) is 0.382. The Morgan fingerprint density at radius 2 is 1.50 bits per heavy atom. The van der Waals surface area contributed by atoms with Crippen LogP contribution < -0.4 is 5.32 Å². The minimum atomic E-state index is -0.0180. The summed E-state index contributed by atoms with van der Waals surface area (Å²) in [7, 11) is 0. The summed E-state index contributed by atoms with van der Waals surface area (Å²) in [6.45, 7) is 9.30. The third-order valence-electron chi connectivity index (χ3n) is 8.46. The van der Waals surface area contributed by atoms with E-state index >= 15 is 0 Å². The molecule has 0 saturated carbocycles. The van der Waals surface area contributed by atoms with Crippen LogP contribution in [-0.4, -0.2) is 30.0 Å². The van der Waals surface area contributed by atoms with Crippen molar-refractivity contribution in [3.05, 3.63) is 95.1 Å². The molecule has 5 rings (SSSR count). The number of likely N-dealkylation sites (tertiary alicyclic amines) is 1. The molecule has 0 unspecified atom stereocenters. The Kier molecular flexibility index (Phi) is 9.46. The van der Waals surface area contributed by atoms with Gasteiger partial charge in [-0.2, -0.15) is 0 Å². The summed E-state index contributed by atoms with van der Waals surface area (Å²) < 4.78 is 1.19. The topological polar surface area (TPSA) is 29.1 Å². The molecular weight excluding hydrogens is 488 g/mol. The van der Waals surface area contributed by atoms with Gasteiger partial charge in [0.25, 0.3) is 5.91 Å². The summed E-state index contributed by atoms with van der Waals surface area (Å²) in [6.07, 6.45) is 10.8. The Labute approximate surface area is 235 Å². The van der Waals surface area contributed by atoms with Crippen molar-refractivity contribution in [2.75, 3.05) is 25.0 Å². The zero-order chi connectivity index (χ0) is 25.7. The van der Waals surface area contributed by atoms with Crippen LogP contribution in [0.3, 0.4) is 0 Å². The van der Waals surface area contributed by atoms with Crippen LogP contribution in [-0.2, 0) is 17.8 Å². The van der Waals surface area contributed by atoms with E-state index in [-0.39, 0.29) is 18.3 Å². The number of halogens is 1. The lowest BCUT2D eigenvalue weighted by Gasteiger charge is -2.39. The zero-order valence-corrected chi connectivity index (χ0v) is 23.8. The van der Waals surface area contributed by atoms with E-state index in [1.807, 2.05) is 0 Å². The molecule has 38 heavy (non-hydrogen) atoms. The van der Waals surface area contributed by atoms with Crippen molar-refractivity contribution >= 4 is 29.6 Å². The molecule has 0 atom stereocenters. The molecule has 1 fully saturated rings. The van der Waals surface area contributed by atoms with Crippen molar-refractivity contribution in [2.45, 2.75) is 65.3 Å². The molecule has 0 spiro atoms. The first-order valence-electron chi connectivity index (χ1n) is 14.2. The maximum absolute atomic E-state index is 13.4. The number of quaternary nitrogens is 1. The van der Waals surface area contributed by atoms with Gasteiger partial charge < -0.3 is 9.80 Å². The molecule has 0 radical (unpaired) electrons. The molecule has 200 valence electrons. The summed E-state index contributed by atoms with van der Waals surface area (Å²) in [4.78, 5) is 13.4. The van der Waals surface area contributed by atoms with Crippen molar-refractivity contribution in [2.24, 2.45) is 0 Å². The summed E-state index contributed by atoms with van der Waals surface area (Å²) in [6, 6.07) is 23.7. The third kappa shape index (κ3) is 6.57. The number of rotatable bonds is 6. The number of carbonyl (C=O) groups excluding carboxylic acids is 1. The van der Waals surface area contributed by atoms with Gasteiger partial charge in [-0.1, -0.05) is 66.6 Å². The van der Waals surface area contributed by atoms with Gasteiger partial charge in [-0.05, 0) is 92.8 Å². The summed E-state index contributed by atoms with van der Waals surface area (Å²) >= 11 is 0. The molecule has 3 aromatic rings. The normalized spacial score (nSPS) is 16.7. The second-order valence-corrected chi connectivity index (χ2v) is 11.1. The van der Waals surface area contributed by atoms with Gasteiger partial charge in [0, 0.05) is 16.8 Å². The largest absolute Gasteiger partial charge is 0.322 e. The average Bonchev–Trinajstić information content (AvgIpc) is 2.91. The Balaban J connectivity index is 0.00000336. The highest BCUT2D eigenvalue weighted by Gasteiger charge is 2.26. The van der Waals surface area contributed by atoms with Gasteiger partial charge in [0.1, 0.15) is 6.54 Å². The van der Waals surface area contributed by atoms with Gasteiger partial charge in [-0.3, -0.25) is 4.79 Å². The van der Waals surface area contributed by atoms with Crippen molar-refractivity contribution in [3.8, 4) is 11.1 Å². The summed E-state index contributed by atoms with van der Waals surface area (Å²) in [5, 5.41) is 3.18. The maximum atomic E-state index is 13.4. The molecule has 2 aliphatic rings. The van der Waals surface area contributed by atoms with Gasteiger partial charge in [0.05, 0.1) is 19.6 Å². The van der Waals surface area contributed by atoms with Crippen LogP contribution in [0.4, 0.5) is 5.69 Å². The molecule has 1 heterocycles. The Hall–Kier alpha value is -2.88. The van der Waals surface area contributed by atoms with Crippen LogP contribution in [0.2, 0.25) is 0 Å². The van der Waals surface area contributed by atoms with Gasteiger partial charge in [-0.25, -0.2) is 0 Å². The van der Waals surface area contributed by atoms with E-state index in [9.17, 15) is 4.79 Å².